The average Bonchev–Trinajstić information content (AvgIpc) is 2.61. The second kappa shape index (κ2) is 10.5. The summed E-state index contributed by atoms with van der Waals surface area (Å²) in [6, 6.07) is 18.7. The van der Waals surface area contributed by atoms with E-state index in [4.69, 9.17) is 0 Å². The van der Waals surface area contributed by atoms with Gasteiger partial charge >= 0.3 is 5.97 Å². The molecule has 22 heavy (non-hydrogen) atoms. The van der Waals surface area contributed by atoms with Gasteiger partial charge in [0.1, 0.15) is 0 Å². The summed E-state index contributed by atoms with van der Waals surface area (Å²) in [5.74, 6) is -1.53. The van der Waals surface area contributed by atoms with E-state index in [9.17, 15) is 13.7 Å². The first-order valence-corrected chi connectivity index (χ1v) is 8.39. The van der Waals surface area contributed by atoms with E-state index in [1.165, 1.54) is 5.56 Å². The fourth-order valence-electron chi connectivity index (χ4n) is 1.53. The fourth-order valence-corrected chi connectivity index (χ4v) is 2.43. The van der Waals surface area contributed by atoms with E-state index in [-0.39, 0.29) is 0 Å². The second-order valence-electron chi connectivity index (χ2n) is 4.23. The standard InChI is InChI=1S/C9H7BrF2O2.C7H7Br/c10-7(8(11)9(13)14-12)6-4-2-1-3-5-6;8-6-7-4-2-1-3-5-7/h1-5,7-8H;1-5H,6H2. The van der Waals surface area contributed by atoms with Crippen molar-refractivity contribution in [3.8, 4) is 0 Å². The van der Waals surface area contributed by atoms with Crippen molar-refractivity contribution in [1.82, 2.24) is 0 Å². The molecule has 2 aromatic carbocycles. The molecule has 0 bridgehead atoms. The summed E-state index contributed by atoms with van der Waals surface area (Å²) in [6.07, 6.45) is -2.05. The first-order chi connectivity index (χ1) is 10.6. The number of benzene rings is 2. The quantitative estimate of drug-likeness (QED) is 0.595. The van der Waals surface area contributed by atoms with Crippen LogP contribution in [0.3, 0.4) is 0 Å². The SMILES string of the molecule is BrCc1ccccc1.O=C(OF)C(F)C(Br)c1ccccc1. The maximum Gasteiger partial charge on any atom is 0.384 e. The summed E-state index contributed by atoms with van der Waals surface area (Å²) in [5.41, 5.74) is 1.87. The van der Waals surface area contributed by atoms with E-state index >= 15 is 0 Å². The van der Waals surface area contributed by atoms with Crippen molar-refractivity contribution in [3.05, 3.63) is 71.8 Å². The molecule has 0 aromatic heterocycles. The van der Waals surface area contributed by atoms with E-state index in [0.717, 1.165) is 5.33 Å². The third-order valence-electron chi connectivity index (χ3n) is 2.67. The molecule has 0 fully saturated rings. The van der Waals surface area contributed by atoms with Gasteiger partial charge in [-0.25, -0.2) is 9.18 Å². The number of alkyl halides is 3. The predicted octanol–water partition coefficient (Wildman–Crippen LogP) is 5.47. The second-order valence-corrected chi connectivity index (χ2v) is 5.78. The Morgan fingerprint density at radius 3 is 1.95 bits per heavy atom. The smallest absolute Gasteiger partial charge is 0.251 e. The van der Waals surface area contributed by atoms with Gasteiger partial charge in [0.25, 0.3) is 0 Å². The van der Waals surface area contributed by atoms with Crippen molar-refractivity contribution >= 4 is 37.8 Å². The van der Waals surface area contributed by atoms with Gasteiger partial charge in [0.15, 0.2) is 0 Å². The molecule has 0 saturated heterocycles. The van der Waals surface area contributed by atoms with Gasteiger partial charge in [0.05, 0.1) is 4.83 Å². The minimum Gasteiger partial charge on any atom is -0.251 e. The molecule has 0 heterocycles. The Balaban J connectivity index is 0.000000255. The lowest BCUT2D eigenvalue weighted by atomic mass is 10.1. The molecule has 0 aliphatic heterocycles. The molecule has 2 rings (SSSR count). The monoisotopic (exact) mass is 434 g/mol. The van der Waals surface area contributed by atoms with Gasteiger partial charge in [0, 0.05) is 9.86 Å². The lowest BCUT2D eigenvalue weighted by molar-refractivity contribution is -0.189. The summed E-state index contributed by atoms with van der Waals surface area (Å²) in [7, 11) is 0. The number of rotatable bonds is 4. The first kappa shape index (κ1) is 18.8. The molecule has 2 aromatic rings. The molecule has 118 valence electrons. The van der Waals surface area contributed by atoms with E-state index in [0.29, 0.717) is 5.56 Å². The Bertz CT molecular complexity index is 553. The molecule has 2 atom stereocenters. The van der Waals surface area contributed by atoms with Crippen LogP contribution in [0.4, 0.5) is 8.92 Å². The van der Waals surface area contributed by atoms with Gasteiger partial charge in [-0.3, -0.25) is 4.94 Å². The molecule has 0 spiro atoms. The predicted molar refractivity (Wildman–Crippen MR) is 89.3 cm³/mol. The van der Waals surface area contributed by atoms with Crippen LogP contribution in [0.15, 0.2) is 60.7 Å². The van der Waals surface area contributed by atoms with Crippen LogP contribution >= 0.6 is 31.9 Å². The zero-order valence-electron chi connectivity index (χ0n) is 11.5. The third-order valence-corrected chi connectivity index (χ3v) is 4.31. The highest BCUT2D eigenvalue weighted by molar-refractivity contribution is 9.09. The van der Waals surface area contributed by atoms with Crippen molar-refractivity contribution < 1.29 is 18.7 Å². The van der Waals surface area contributed by atoms with Gasteiger partial charge < -0.3 is 0 Å². The Morgan fingerprint density at radius 1 is 1.05 bits per heavy atom. The van der Waals surface area contributed by atoms with Crippen molar-refractivity contribution in [2.45, 2.75) is 16.3 Å². The van der Waals surface area contributed by atoms with Crippen LogP contribution in [0.2, 0.25) is 0 Å². The molecule has 0 saturated carbocycles. The Kier molecular flexibility index (Phi) is 8.92. The van der Waals surface area contributed by atoms with Crippen molar-refractivity contribution in [2.75, 3.05) is 0 Å². The van der Waals surface area contributed by atoms with Crippen LogP contribution in [-0.2, 0) is 15.1 Å². The van der Waals surface area contributed by atoms with Crippen molar-refractivity contribution in [2.24, 2.45) is 0 Å². The maximum absolute atomic E-state index is 13.1. The average molecular weight is 436 g/mol. The lowest BCUT2D eigenvalue weighted by Gasteiger charge is -2.11. The van der Waals surface area contributed by atoms with Gasteiger partial charge in [-0.15, -0.1) is 0 Å². The topological polar surface area (TPSA) is 26.3 Å². The van der Waals surface area contributed by atoms with E-state index < -0.39 is 17.0 Å². The summed E-state index contributed by atoms with van der Waals surface area (Å²) in [5, 5.41) is 0.952. The zero-order valence-corrected chi connectivity index (χ0v) is 14.6. The van der Waals surface area contributed by atoms with Gasteiger partial charge in [-0.1, -0.05) is 92.5 Å². The minimum atomic E-state index is -2.05. The van der Waals surface area contributed by atoms with Crippen LogP contribution in [-0.4, -0.2) is 12.1 Å². The Hall–Kier alpha value is -1.27. The molecular formula is C16H14Br2F2O2. The highest BCUT2D eigenvalue weighted by atomic mass is 79.9. The Labute approximate surface area is 144 Å². The lowest BCUT2D eigenvalue weighted by Crippen LogP contribution is -2.20. The highest BCUT2D eigenvalue weighted by Crippen LogP contribution is 2.29. The van der Waals surface area contributed by atoms with Crippen molar-refractivity contribution in [3.63, 3.8) is 0 Å². The third kappa shape index (κ3) is 6.23. The van der Waals surface area contributed by atoms with Crippen molar-refractivity contribution in [1.29, 1.82) is 0 Å². The van der Waals surface area contributed by atoms with Gasteiger partial charge in [-0.05, 0) is 11.1 Å². The van der Waals surface area contributed by atoms with Crippen LogP contribution in [0.25, 0.3) is 0 Å². The van der Waals surface area contributed by atoms with E-state index in [1.54, 1.807) is 30.3 Å². The summed E-state index contributed by atoms with van der Waals surface area (Å²) >= 11 is 6.31. The fraction of sp³-hybridized carbons (Fsp3) is 0.188. The molecule has 2 nitrogen and oxygen atoms in total. The molecular weight excluding hydrogens is 422 g/mol. The largest absolute Gasteiger partial charge is 0.384 e. The van der Waals surface area contributed by atoms with E-state index in [2.05, 4.69) is 48.9 Å². The molecule has 2 unspecified atom stereocenters. The normalized spacial score (nSPS) is 12.5. The Morgan fingerprint density at radius 2 is 1.55 bits per heavy atom. The van der Waals surface area contributed by atoms with Crippen LogP contribution in [0.5, 0.6) is 0 Å². The van der Waals surface area contributed by atoms with Crippen LogP contribution in [0.1, 0.15) is 16.0 Å². The molecule has 0 amide bonds. The maximum atomic E-state index is 13.1. The molecule has 0 N–H and O–H groups in total. The van der Waals surface area contributed by atoms with Crippen LogP contribution in [0, 0.1) is 0 Å². The van der Waals surface area contributed by atoms with E-state index in [1.807, 2.05) is 18.2 Å². The molecule has 6 heteroatoms. The molecule has 0 radical (unpaired) electrons. The number of carbonyl (C=O) groups is 1. The molecule has 0 aliphatic carbocycles. The summed E-state index contributed by atoms with van der Waals surface area (Å²) in [4.78, 5) is 12.4. The summed E-state index contributed by atoms with van der Waals surface area (Å²) < 4.78 is 24.5. The number of carbonyl (C=O) groups excluding carboxylic acids is 1. The highest BCUT2D eigenvalue weighted by Gasteiger charge is 2.29. The zero-order chi connectivity index (χ0) is 16.4. The number of hydrogen-bond donors (Lipinski definition) is 0. The first-order valence-electron chi connectivity index (χ1n) is 6.35. The van der Waals surface area contributed by atoms with Gasteiger partial charge in [-0.2, -0.15) is 0 Å². The number of halogens is 4. The minimum absolute atomic E-state index is 0.547. The molecule has 0 aliphatic rings. The van der Waals surface area contributed by atoms with Crippen LogP contribution < -0.4 is 0 Å². The van der Waals surface area contributed by atoms with Gasteiger partial charge in [0.2, 0.25) is 6.17 Å². The number of hydrogen-bond acceptors (Lipinski definition) is 2. The summed E-state index contributed by atoms with van der Waals surface area (Å²) in [6.45, 7) is 0.